The van der Waals surface area contributed by atoms with Gasteiger partial charge in [0.2, 0.25) is 8.32 Å². The van der Waals surface area contributed by atoms with Gasteiger partial charge in [0.05, 0.1) is 6.10 Å². The summed E-state index contributed by atoms with van der Waals surface area (Å²) < 4.78 is 7.08. The van der Waals surface area contributed by atoms with Gasteiger partial charge in [0, 0.05) is 6.42 Å². The SMILES string of the molecule is CCCCC1=C2[C@H](CC[C@@H]2O[Si](C(C)C)(C(C)C)C(C)C)CC1=O. The summed E-state index contributed by atoms with van der Waals surface area (Å²) in [4.78, 5) is 12.5. The van der Waals surface area contributed by atoms with Crippen molar-refractivity contribution in [1.82, 2.24) is 0 Å². The first-order chi connectivity index (χ1) is 11.3. The smallest absolute Gasteiger partial charge is 0.201 e. The molecule has 0 radical (unpaired) electrons. The van der Waals surface area contributed by atoms with Gasteiger partial charge in [-0.1, -0.05) is 54.9 Å². The Bertz CT molecular complexity index is 468. The van der Waals surface area contributed by atoms with Crippen LogP contribution >= 0.6 is 0 Å². The highest BCUT2D eigenvalue weighted by Crippen LogP contribution is 2.50. The molecule has 3 heteroatoms. The number of carbonyl (C=O) groups excluding carboxylic acids is 1. The van der Waals surface area contributed by atoms with Gasteiger partial charge in [0.25, 0.3) is 0 Å². The van der Waals surface area contributed by atoms with Crippen molar-refractivity contribution in [2.75, 3.05) is 0 Å². The number of hydrogen-bond acceptors (Lipinski definition) is 2. The highest BCUT2D eigenvalue weighted by Gasteiger charge is 2.50. The molecule has 0 aromatic rings. The van der Waals surface area contributed by atoms with Crippen LogP contribution in [-0.2, 0) is 9.22 Å². The summed E-state index contributed by atoms with van der Waals surface area (Å²) in [7, 11) is -1.88. The van der Waals surface area contributed by atoms with Crippen molar-refractivity contribution < 1.29 is 9.22 Å². The molecule has 2 aliphatic carbocycles. The molecule has 0 amide bonds. The fourth-order valence-corrected chi connectivity index (χ4v) is 11.1. The Morgan fingerprint density at radius 1 is 1.04 bits per heavy atom. The molecule has 24 heavy (non-hydrogen) atoms. The number of Topliss-reactive ketones (excluding diaryl/α,β-unsaturated/α-hetero) is 1. The molecular weight excluding hydrogens is 312 g/mol. The van der Waals surface area contributed by atoms with Crippen LogP contribution in [0.1, 0.15) is 87.0 Å². The highest BCUT2D eigenvalue weighted by molar-refractivity contribution is 6.77. The molecule has 2 atom stereocenters. The fraction of sp³-hybridized carbons (Fsp3) is 0.857. The summed E-state index contributed by atoms with van der Waals surface area (Å²) in [6.07, 6.45) is 6.53. The molecule has 0 heterocycles. The van der Waals surface area contributed by atoms with Crippen LogP contribution in [0.15, 0.2) is 11.1 Å². The zero-order valence-electron chi connectivity index (χ0n) is 16.9. The Hall–Kier alpha value is -0.413. The van der Waals surface area contributed by atoms with Crippen LogP contribution in [0.25, 0.3) is 0 Å². The summed E-state index contributed by atoms with van der Waals surface area (Å²) in [5.74, 6) is 0.912. The molecule has 138 valence electrons. The minimum atomic E-state index is -1.88. The molecule has 2 rings (SSSR count). The average molecular weight is 351 g/mol. The van der Waals surface area contributed by atoms with Crippen molar-refractivity contribution in [3.63, 3.8) is 0 Å². The van der Waals surface area contributed by atoms with Gasteiger partial charge in [-0.3, -0.25) is 4.79 Å². The van der Waals surface area contributed by atoms with Gasteiger partial charge >= 0.3 is 0 Å². The van der Waals surface area contributed by atoms with Crippen molar-refractivity contribution in [3.8, 4) is 0 Å². The Morgan fingerprint density at radius 3 is 2.12 bits per heavy atom. The summed E-state index contributed by atoms with van der Waals surface area (Å²) in [6.45, 7) is 16.3. The summed E-state index contributed by atoms with van der Waals surface area (Å²) in [5, 5.41) is 0. The van der Waals surface area contributed by atoms with E-state index in [0.29, 0.717) is 28.3 Å². The second-order valence-electron chi connectivity index (χ2n) is 8.86. The predicted octanol–water partition coefficient (Wildman–Crippen LogP) is 6.42. The lowest BCUT2D eigenvalue weighted by Gasteiger charge is -2.44. The van der Waals surface area contributed by atoms with E-state index in [-0.39, 0.29) is 6.10 Å². The molecule has 0 aliphatic heterocycles. The summed E-state index contributed by atoms with van der Waals surface area (Å²) in [5.41, 5.74) is 4.39. The molecule has 0 N–H and O–H groups in total. The molecule has 0 bridgehead atoms. The van der Waals surface area contributed by atoms with E-state index < -0.39 is 8.32 Å². The Kier molecular flexibility index (Phi) is 6.52. The standard InChI is InChI=1S/C21H38O2Si/c1-8-9-10-18-19(22)13-17-11-12-20(21(17)18)23-24(14(2)3,15(4)5)16(6)7/h14-17,20H,8-13H2,1-7H3/t17-,20+/m1/s1. The van der Waals surface area contributed by atoms with Crippen molar-refractivity contribution in [2.24, 2.45) is 5.92 Å². The van der Waals surface area contributed by atoms with Crippen molar-refractivity contribution in [2.45, 2.75) is 110 Å². The maximum Gasteiger partial charge on any atom is 0.201 e. The van der Waals surface area contributed by atoms with E-state index >= 15 is 0 Å². The second kappa shape index (κ2) is 7.86. The minimum Gasteiger partial charge on any atom is -0.409 e. The molecule has 1 fully saturated rings. The Morgan fingerprint density at radius 2 is 1.62 bits per heavy atom. The van der Waals surface area contributed by atoms with Crippen molar-refractivity contribution in [3.05, 3.63) is 11.1 Å². The third-order valence-corrected chi connectivity index (χ3v) is 12.6. The van der Waals surface area contributed by atoms with Crippen molar-refractivity contribution in [1.29, 1.82) is 0 Å². The van der Waals surface area contributed by atoms with Gasteiger partial charge in [-0.2, -0.15) is 0 Å². The summed E-state index contributed by atoms with van der Waals surface area (Å²) >= 11 is 0. The van der Waals surface area contributed by atoms with Gasteiger partial charge in [-0.15, -0.1) is 0 Å². The van der Waals surface area contributed by atoms with E-state index in [9.17, 15) is 4.79 Å². The monoisotopic (exact) mass is 350 g/mol. The van der Waals surface area contributed by atoms with Gasteiger partial charge in [0.15, 0.2) is 5.78 Å². The fourth-order valence-electron chi connectivity index (χ4n) is 5.50. The van der Waals surface area contributed by atoms with E-state index in [1.54, 1.807) is 0 Å². The highest BCUT2D eigenvalue weighted by atomic mass is 28.4. The molecule has 2 aliphatic rings. The molecule has 2 nitrogen and oxygen atoms in total. The Balaban J connectivity index is 2.33. The largest absolute Gasteiger partial charge is 0.409 e. The van der Waals surface area contributed by atoms with E-state index in [1.165, 1.54) is 5.57 Å². The average Bonchev–Trinajstić information content (AvgIpc) is 3.00. The van der Waals surface area contributed by atoms with Crippen molar-refractivity contribution >= 4 is 14.1 Å². The maximum absolute atomic E-state index is 12.5. The van der Waals surface area contributed by atoms with Crippen LogP contribution < -0.4 is 0 Å². The second-order valence-corrected chi connectivity index (χ2v) is 14.3. The number of unbranched alkanes of at least 4 members (excludes halogenated alkanes) is 1. The number of hydrogen-bond donors (Lipinski definition) is 0. The first kappa shape index (κ1) is 19.9. The molecule has 0 aromatic carbocycles. The summed E-state index contributed by atoms with van der Waals surface area (Å²) in [6, 6.07) is 0. The first-order valence-electron chi connectivity index (χ1n) is 10.2. The van der Waals surface area contributed by atoms with Gasteiger partial charge in [-0.25, -0.2) is 0 Å². The minimum absolute atomic E-state index is 0.229. The lowest BCUT2D eigenvalue weighted by Crippen LogP contribution is -2.50. The third-order valence-electron chi connectivity index (χ3n) is 6.51. The van der Waals surface area contributed by atoms with Gasteiger partial charge in [0.1, 0.15) is 0 Å². The number of carbonyl (C=O) groups is 1. The molecule has 0 aromatic heterocycles. The van der Waals surface area contributed by atoms with E-state index in [0.717, 1.165) is 44.1 Å². The Labute approximate surface area is 150 Å². The van der Waals surface area contributed by atoms with Crippen LogP contribution in [0.5, 0.6) is 0 Å². The molecular formula is C21H38O2Si. The topological polar surface area (TPSA) is 26.3 Å². The molecule has 0 saturated heterocycles. The molecule has 1 saturated carbocycles. The van der Waals surface area contributed by atoms with E-state index in [2.05, 4.69) is 48.5 Å². The zero-order chi connectivity index (χ0) is 18.1. The van der Waals surface area contributed by atoms with Gasteiger partial charge in [-0.05, 0) is 59.4 Å². The van der Waals surface area contributed by atoms with Crippen LogP contribution in [-0.4, -0.2) is 20.2 Å². The number of ketones is 1. The van der Waals surface area contributed by atoms with E-state index in [1.807, 2.05) is 0 Å². The quantitative estimate of drug-likeness (QED) is 0.472. The normalized spacial score (nSPS) is 24.8. The predicted molar refractivity (Wildman–Crippen MR) is 105 cm³/mol. The van der Waals surface area contributed by atoms with Crippen LogP contribution in [0.2, 0.25) is 16.6 Å². The number of rotatable bonds is 8. The van der Waals surface area contributed by atoms with Gasteiger partial charge < -0.3 is 4.43 Å². The lowest BCUT2D eigenvalue weighted by atomic mass is 10.0. The van der Waals surface area contributed by atoms with Crippen LogP contribution in [0.4, 0.5) is 0 Å². The first-order valence-corrected chi connectivity index (χ1v) is 12.3. The van der Waals surface area contributed by atoms with Crippen LogP contribution in [0.3, 0.4) is 0 Å². The van der Waals surface area contributed by atoms with Crippen LogP contribution in [0, 0.1) is 5.92 Å². The maximum atomic E-state index is 12.5. The number of allylic oxidation sites excluding steroid dienone is 1. The number of fused-ring (bicyclic) bond motifs is 1. The lowest BCUT2D eigenvalue weighted by molar-refractivity contribution is -0.115. The molecule has 0 unspecified atom stereocenters. The third kappa shape index (κ3) is 3.44. The zero-order valence-corrected chi connectivity index (χ0v) is 17.9. The molecule has 0 spiro atoms. The van der Waals surface area contributed by atoms with E-state index in [4.69, 9.17) is 4.43 Å².